The van der Waals surface area contributed by atoms with Crippen LogP contribution in [0.25, 0.3) is 10.8 Å². The number of carbonyl (C=O) groups excluding carboxylic acids is 1. The highest BCUT2D eigenvalue weighted by molar-refractivity contribution is 6.05. The molecule has 1 saturated carbocycles. The van der Waals surface area contributed by atoms with Crippen molar-refractivity contribution in [3.05, 3.63) is 76.0 Å². The number of nitrogens with one attached hydrogen (secondary N) is 2. The van der Waals surface area contributed by atoms with Gasteiger partial charge in [-0.15, -0.1) is 0 Å². The van der Waals surface area contributed by atoms with Gasteiger partial charge in [-0.05, 0) is 36.6 Å². The smallest absolute Gasteiger partial charge is 0.273 e. The van der Waals surface area contributed by atoms with Crippen molar-refractivity contribution in [1.82, 2.24) is 15.5 Å². The lowest BCUT2D eigenvalue weighted by Gasteiger charge is -2.31. The molecule has 4 rings (SSSR count). The van der Waals surface area contributed by atoms with Crippen molar-refractivity contribution in [2.24, 2.45) is 0 Å². The zero-order valence-corrected chi connectivity index (χ0v) is 14.1. The number of aromatic nitrogens is 2. The lowest BCUT2D eigenvalue weighted by atomic mass is 9.87. The molecule has 1 aliphatic carbocycles. The standard InChI is InChI=1S/C20H18FN3O2/c21-14-7-5-6-13(12-14)20(10-3-4-11-20)22-19(26)17-15-8-1-2-9-16(15)18(25)24-23-17/h1-2,5-9,12H,3-4,10-11H2,(H,22,26)(H,24,25). The van der Waals surface area contributed by atoms with E-state index < -0.39 is 5.54 Å². The Kier molecular flexibility index (Phi) is 4.03. The first-order valence-corrected chi connectivity index (χ1v) is 8.65. The first kappa shape index (κ1) is 16.4. The van der Waals surface area contributed by atoms with Crippen molar-refractivity contribution in [1.29, 1.82) is 0 Å². The molecule has 1 aromatic heterocycles. The Morgan fingerprint density at radius 2 is 1.81 bits per heavy atom. The molecule has 6 heteroatoms. The number of nitrogens with zero attached hydrogens (tertiary/aromatic N) is 1. The molecule has 3 aromatic rings. The summed E-state index contributed by atoms with van der Waals surface area (Å²) in [5, 5.41) is 10.3. The number of benzene rings is 2. The van der Waals surface area contributed by atoms with E-state index in [1.807, 2.05) is 6.07 Å². The molecule has 0 spiro atoms. The van der Waals surface area contributed by atoms with E-state index in [0.29, 0.717) is 10.8 Å². The van der Waals surface area contributed by atoms with E-state index >= 15 is 0 Å². The lowest BCUT2D eigenvalue weighted by molar-refractivity contribution is 0.0893. The van der Waals surface area contributed by atoms with Gasteiger partial charge in [0.2, 0.25) is 0 Å². The highest BCUT2D eigenvalue weighted by Crippen LogP contribution is 2.39. The predicted molar refractivity (Wildman–Crippen MR) is 96.4 cm³/mol. The molecule has 1 heterocycles. The third-order valence-electron chi connectivity index (χ3n) is 5.10. The molecule has 0 atom stereocenters. The molecule has 5 nitrogen and oxygen atoms in total. The Morgan fingerprint density at radius 1 is 1.08 bits per heavy atom. The highest BCUT2D eigenvalue weighted by Gasteiger charge is 2.38. The van der Waals surface area contributed by atoms with Crippen molar-refractivity contribution in [2.45, 2.75) is 31.2 Å². The molecule has 2 N–H and O–H groups in total. The van der Waals surface area contributed by atoms with Crippen LogP contribution in [0.5, 0.6) is 0 Å². The number of hydrogen-bond donors (Lipinski definition) is 2. The van der Waals surface area contributed by atoms with Gasteiger partial charge in [0.05, 0.1) is 10.9 Å². The normalized spacial score (nSPS) is 15.9. The summed E-state index contributed by atoms with van der Waals surface area (Å²) in [6, 6.07) is 13.2. The molecule has 1 amide bonds. The second-order valence-corrected chi connectivity index (χ2v) is 6.70. The van der Waals surface area contributed by atoms with E-state index in [4.69, 9.17) is 0 Å². The van der Waals surface area contributed by atoms with E-state index in [9.17, 15) is 14.0 Å². The molecular formula is C20H18FN3O2. The molecule has 2 aromatic carbocycles. The fourth-order valence-electron chi connectivity index (χ4n) is 3.81. The molecule has 0 radical (unpaired) electrons. The van der Waals surface area contributed by atoms with Crippen molar-refractivity contribution in [2.75, 3.05) is 0 Å². The second kappa shape index (κ2) is 6.37. The van der Waals surface area contributed by atoms with Crippen LogP contribution in [-0.4, -0.2) is 16.1 Å². The Bertz CT molecular complexity index is 1040. The second-order valence-electron chi connectivity index (χ2n) is 6.70. The molecule has 1 aliphatic rings. The highest BCUT2D eigenvalue weighted by atomic mass is 19.1. The largest absolute Gasteiger partial charge is 0.341 e. The minimum absolute atomic E-state index is 0.169. The van der Waals surface area contributed by atoms with Gasteiger partial charge in [-0.2, -0.15) is 5.10 Å². The lowest BCUT2D eigenvalue weighted by Crippen LogP contribution is -2.44. The number of H-pyrrole nitrogens is 1. The van der Waals surface area contributed by atoms with Crippen LogP contribution in [0.1, 0.15) is 41.7 Å². The van der Waals surface area contributed by atoms with Crippen LogP contribution in [-0.2, 0) is 5.54 Å². The van der Waals surface area contributed by atoms with Gasteiger partial charge in [0.25, 0.3) is 11.5 Å². The Morgan fingerprint density at radius 3 is 2.54 bits per heavy atom. The third-order valence-corrected chi connectivity index (χ3v) is 5.10. The summed E-state index contributed by atoms with van der Waals surface area (Å²) in [7, 11) is 0. The summed E-state index contributed by atoms with van der Waals surface area (Å²) in [5.41, 5.74) is -0.0178. The van der Waals surface area contributed by atoms with Gasteiger partial charge in [-0.3, -0.25) is 9.59 Å². The number of carbonyl (C=O) groups is 1. The van der Waals surface area contributed by atoms with Gasteiger partial charge in [-0.1, -0.05) is 43.2 Å². The van der Waals surface area contributed by atoms with Crippen LogP contribution < -0.4 is 10.9 Å². The van der Waals surface area contributed by atoms with Gasteiger partial charge in [0, 0.05) is 5.39 Å². The van der Waals surface area contributed by atoms with Gasteiger partial charge in [-0.25, -0.2) is 9.49 Å². The maximum absolute atomic E-state index is 13.7. The van der Waals surface area contributed by atoms with Gasteiger partial charge in [0.15, 0.2) is 5.69 Å². The predicted octanol–water partition coefficient (Wildman–Crippen LogP) is 3.26. The maximum atomic E-state index is 13.7. The van der Waals surface area contributed by atoms with Crippen LogP contribution in [0.3, 0.4) is 0 Å². The number of hydrogen-bond acceptors (Lipinski definition) is 3. The molecule has 0 unspecified atom stereocenters. The molecule has 0 bridgehead atoms. The summed E-state index contributed by atoms with van der Waals surface area (Å²) in [6.45, 7) is 0. The number of halogens is 1. The third kappa shape index (κ3) is 2.77. The number of rotatable bonds is 3. The first-order valence-electron chi connectivity index (χ1n) is 8.65. The zero-order chi connectivity index (χ0) is 18.1. The summed E-state index contributed by atoms with van der Waals surface area (Å²) in [4.78, 5) is 24.9. The van der Waals surface area contributed by atoms with Gasteiger partial charge >= 0.3 is 0 Å². The summed E-state index contributed by atoms with van der Waals surface area (Å²) < 4.78 is 13.7. The Labute approximate surface area is 149 Å². The average Bonchev–Trinajstić information content (AvgIpc) is 3.12. The molecule has 1 fully saturated rings. The van der Waals surface area contributed by atoms with E-state index in [2.05, 4.69) is 15.5 Å². The number of aromatic amines is 1. The van der Waals surface area contributed by atoms with E-state index in [0.717, 1.165) is 31.2 Å². The zero-order valence-electron chi connectivity index (χ0n) is 14.1. The van der Waals surface area contributed by atoms with E-state index in [-0.39, 0.29) is 23.0 Å². The molecule has 0 saturated heterocycles. The summed E-state index contributed by atoms with van der Waals surface area (Å²) in [6.07, 6.45) is 3.39. The van der Waals surface area contributed by atoms with Crippen molar-refractivity contribution < 1.29 is 9.18 Å². The van der Waals surface area contributed by atoms with Crippen LogP contribution in [0.4, 0.5) is 4.39 Å². The van der Waals surface area contributed by atoms with Crippen LogP contribution in [0, 0.1) is 5.82 Å². The maximum Gasteiger partial charge on any atom is 0.273 e. The minimum Gasteiger partial charge on any atom is -0.341 e. The van der Waals surface area contributed by atoms with Crippen molar-refractivity contribution in [3.63, 3.8) is 0 Å². The van der Waals surface area contributed by atoms with Crippen LogP contribution in [0.15, 0.2) is 53.3 Å². The average molecular weight is 351 g/mol. The van der Waals surface area contributed by atoms with Crippen LogP contribution in [0.2, 0.25) is 0 Å². The van der Waals surface area contributed by atoms with Gasteiger partial charge < -0.3 is 5.32 Å². The van der Waals surface area contributed by atoms with Crippen molar-refractivity contribution in [3.8, 4) is 0 Å². The Hall–Kier alpha value is -3.02. The molecule has 26 heavy (non-hydrogen) atoms. The number of amides is 1. The van der Waals surface area contributed by atoms with Gasteiger partial charge in [0.1, 0.15) is 5.82 Å². The summed E-state index contributed by atoms with van der Waals surface area (Å²) >= 11 is 0. The van der Waals surface area contributed by atoms with E-state index in [1.54, 1.807) is 30.3 Å². The fourth-order valence-corrected chi connectivity index (χ4v) is 3.81. The van der Waals surface area contributed by atoms with Crippen LogP contribution >= 0.6 is 0 Å². The molecule has 132 valence electrons. The first-order chi connectivity index (χ1) is 12.6. The topological polar surface area (TPSA) is 74.8 Å². The minimum atomic E-state index is -0.613. The molecule has 0 aliphatic heterocycles. The van der Waals surface area contributed by atoms with Crippen molar-refractivity contribution >= 4 is 16.7 Å². The van der Waals surface area contributed by atoms with E-state index in [1.165, 1.54) is 12.1 Å². The molecular weight excluding hydrogens is 333 g/mol. The number of fused-ring (bicyclic) bond motifs is 1. The fraction of sp³-hybridized carbons (Fsp3) is 0.250. The monoisotopic (exact) mass is 351 g/mol. The summed E-state index contributed by atoms with van der Waals surface area (Å²) in [5.74, 6) is -0.695. The SMILES string of the molecule is O=C(NC1(c2cccc(F)c2)CCCC1)c1n[nH]c(=O)c2ccccc12. The Balaban J connectivity index is 1.75. The quantitative estimate of drug-likeness (QED) is 0.760.